The number of carbonyl (C=O) groups is 4. The lowest BCUT2D eigenvalue weighted by Crippen LogP contribution is -2.43. The highest BCUT2D eigenvalue weighted by atomic mass is 79.9. The van der Waals surface area contributed by atoms with Crippen LogP contribution in [0.5, 0.6) is 11.5 Å². The van der Waals surface area contributed by atoms with Crippen LogP contribution in [0.2, 0.25) is 0 Å². The van der Waals surface area contributed by atoms with Gasteiger partial charge in [0, 0.05) is 36.2 Å². The second kappa shape index (κ2) is 10.0. The van der Waals surface area contributed by atoms with E-state index in [0.29, 0.717) is 11.3 Å². The fraction of sp³-hybridized carbons (Fsp3) is 0.286. The Morgan fingerprint density at radius 2 is 1.77 bits per heavy atom. The van der Waals surface area contributed by atoms with Gasteiger partial charge in [-0.15, -0.1) is 0 Å². The monoisotopic (exact) mass is 611 g/mol. The van der Waals surface area contributed by atoms with Crippen LogP contribution in [-0.2, 0) is 16.0 Å². The van der Waals surface area contributed by atoms with Gasteiger partial charge in [-0.1, -0.05) is 15.9 Å². The normalized spacial score (nSPS) is 21.8. The quantitative estimate of drug-likeness (QED) is 0.253. The van der Waals surface area contributed by atoms with Crippen molar-refractivity contribution in [3.8, 4) is 11.5 Å². The Hall–Kier alpha value is -4.32. The number of fused-ring (bicyclic) bond motifs is 3. The minimum Gasteiger partial charge on any atom is -0.511 e. The molecule has 0 radical (unpaired) electrons. The summed E-state index contributed by atoms with van der Waals surface area (Å²) in [6.07, 6.45) is -0.414. The van der Waals surface area contributed by atoms with Crippen molar-refractivity contribution in [1.82, 2.24) is 0 Å². The van der Waals surface area contributed by atoms with Gasteiger partial charge >= 0.3 is 6.09 Å². The first-order chi connectivity index (χ1) is 18.9. The van der Waals surface area contributed by atoms with E-state index in [0.717, 1.165) is 4.47 Å². The van der Waals surface area contributed by atoms with Gasteiger partial charge in [-0.2, -0.15) is 0 Å². The number of benzene rings is 2. The maximum absolute atomic E-state index is 13.9. The fourth-order valence-electron chi connectivity index (χ4n) is 5.93. The lowest BCUT2D eigenvalue weighted by Gasteiger charge is -2.41. The number of aliphatic hydroxyl groups is 2. The number of nitrogens with one attached hydrogen (secondary N) is 1. The summed E-state index contributed by atoms with van der Waals surface area (Å²) in [7, 11) is 3.49. The van der Waals surface area contributed by atoms with Crippen LogP contribution in [0.4, 0.5) is 16.2 Å². The molecule has 0 saturated heterocycles. The fourth-order valence-corrected chi connectivity index (χ4v) is 6.19. The Morgan fingerprint density at radius 3 is 2.40 bits per heavy atom. The van der Waals surface area contributed by atoms with Gasteiger partial charge in [0.25, 0.3) is 5.91 Å². The van der Waals surface area contributed by atoms with Crippen LogP contribution in [0.1, 0.15) is 28.8 Å². The first-order valence-corrected chi connectivity index (χ1v) is 13.2. The summed E-state index contributed by atoms with van der Waals surface area (Å²) in [5.74, 6) is -6.07. The average Bonchev–Trinajstić information content (AvgIpc) is 2.86. The topological polar surface area (TPSA) is 179 Å². The Kier molecular flexibility index (Phi) is 6.82. The number of hydrogen-bond acceptors (Lipinski definition) is 9. The molecule has 5 rings (SSSR count). The zero-order valence-corrected chi connectivity index (χ0v) is 23.1. The third-order valence-electron chi connectivity index (χ3n) is 7.61. The van der Waals surface area contributed by atoms with Gasteiger partial charge in [-0.3, -0.25) is 19.7 Å². The number of halogens is 1. The van der Waals surface area contributed by atoms with Crippen LogP contribution in [-0.4, -0.2) is 53.0 Å². The number of phenolic OH excluding ortho intramolecular Hbond substituents is 1. The van der Waals surface area contributed by atoms with Crippen LogP contribution < -0.4 is 20.7 Å². The number of nitrogens with zero attached hydrogens (tertiary/aromatic N) is 1. The smallest absolute Gasteiger partial charge is 0.417 e. The number of anilines is 2. The number of amides is 2. The molecule has 0 saturated carbocycles. The first-order valence-electron chi connectivity index (χ1n) is 12.4. The third-order valence-corrected chi connectivity index (χ3v) is 8.13. The maximum atomic E-state index is 13.9. The molecule has 12 heteroatoms. The van der Waals surface area contributed by atoms with E-state index in [2.05, 4.69) is 21.2 Å². The van der Waals surface area contributed by atoms with E-state index in [1.54, 1.807) is 43.3 Å². The lowest BCUT2D eigenvalue weighted by atomic mass is 9.62. The largest absolute Gasteiger partial charge is 0.511 e. The summed E-state index contributed by atoms with van der Waals surface area (Å²) in [4.78, 5) is 53.1. The predicted molar refractivity (Wildman–Crippen MR) is 147 cm³/mol. The van der Waals surface area contributed by atoms with Gasteiger partial charge in [0.1, 0.15) is 22.8 Å². The highest BCUT2D eigenvalue weighted by Gasteiger charge is 2.50. The molecule has 0 spiro atoms. The predicted octanol–water partition coefficient (Wildman–Crippen LogP) is 3.91. The molecule has 3 unspecified atom stereocenters. The van der Waals surface area contributed by atoms with E-state index in [4.69, 9.17) is 10.5 Å². The molecule has 3 aliphatic carbocycles. The van der Waals surface area contributed by atoms with E-state index in [1.165, 1.54) is 6.07 Å². The minimum absolute atomic E-state index is 0.0399. The number of carbonyl (C=O) groups excluding carboxylic acids is 4. The molecule has 2 amide bonds. The molecular weight excluding hydrogens is 586 g/mol. The molecule has 2 aromatic carbocycles. The van der Waals surface area contributed by atoms with Gasteiger partial charge in [0.05, 0.1) is 17.2 Å². The highest BCUT2D eigenvalue weighted by Crippen LogP contribution is 2.51. The number of aliphatic hydroxyl groups excluding tert-OH is 2. The number of hydrogen-bond donors (Lipinski definition) is 5. The van der Waals surface area contributed by atoms with Crippen LogP contribution in [0.3, 0.4) is 0 Å². The highest BCUT2D eigenvalue weighted by molar-refractivity contribution is 9.10. The number of primary amides is 1. The molecule has 11 nitrogen and oxygen atoms in total. The van der Waals surface area contributed by atoms with Gasteiger partial charge in [-0.25, -0.2) is 4.79 Å². The molecule has 0 fully saturated rings. The first kappa shape index (κ1) is 27.3. The molecule has 6 N–H and O–H groups in total. The number of rotatable bonds is 4. The van der Waals surface area contributed by atoms with Crippen molar-refractivity contribution in [2.24, 2.45) is 23.5 Å². The van der Waals surface area contributed by atoms with E-state index >= 15 is 0 Å². The molecular formula is C28H26BrN3O8. The van der Waals surface area contributed by atoms with E-state index in [-0.39, 0.29) is 41.8 Å². The van der Waals surface area contributed by atoms with Gasteiger partial charge in [0.2, 0.25) is 0 Å². The number of nitrogens with two attached hydrogens (primary N) is 1. The molecule has 208 valence electrons. The third kappa shape index (κ3) is 4.47. The second-order valence-corrected chi connectivity index (χ2v) is 11.2. The van der Waals surface area contributed by atoms with Crippen molar-refractivity contribution >= 4 is 50.9 Å². The van der Waals surface area contributed by atoms with Gasteiger partial charge < -0.3 is 30.7 Å². The molecule has 2 aromatic rings. The lowest BCUT2D eigenvalue weighted by molar-refractivity contribution is -0.126. The maximum Gasteiger partial charge on any atom is 0.417 e. The zero-order valence-electron chi connectivity index (χ0n) is 21.5. The van der Waals surface area contributed by atoms with E-state index in [9.17, 15) is 34.5 Å². The molecule has 3 aliphatic rings. The Morgan fingerprint density at radius 1 is 1.10 bits per heavy atom. The van der Waals surface area contributed by atoms with E-state index < -0.39 is 64.2 Å². The minimum atomic E-state index is -1.21. The molecule has 0 bridgehead atoms. The van der Waals surface area contributed by atoms with Crippen molar-refractivity contribution in [3.05, 3.63) is 68.6 Å². The van der Waals surface area contributed by atoms with Crippen LogP contribution in [0.25, 0.3) is 0 Å². The molecule has 0 aromatic heterocycles. The summed E-state index contributed by atoms with van der Waals surface area (Å²) >= 11 is 3.30. The van der Waals surface area contributed by atoms with E-state index in [1.807, 2.05) is 0 Å². The van der Waals surface area contributed by atoms with Gasteiger partial charge in [-0.05, 0) is 60.6 Å². The summed E-state index contributed by atoms with van der Waals surface area (Å²) in [6, 6.07) is 8.05. The Bertz CT molecular complexity index is 1540. The Balaban J connectivity index is 1.54. The number of aromatic hydroxyl groups is 1. The number of allylic oxidation sites excluding steroid dienone is 3. The molecule has 0 aliphatic heterocycles. The summed E-state index contributed by atoms with van der Waals surface area (Å²) in [6.45, 7) is 0. The van der Waals surface area contributed by atoms with Crippen molar-refractivity contribution in [2.45, 2.75) is 19.3 Å². The SMILES string of the molecule is CN(C)c1cc(NC(=O)Oc2ccc(Br)cc2)c(O)c2c1CC1CC3CC(O)=C(C(N)=O)C(=O)C3C(O)=C1C2=O. The van der Waals surface area contributed by atoms with Crippen molar-refractivity contribution in [1.29, 1.82) is 0 Å². The number of Topliss-reactive ketones (excluding diaryl/α,β-unsaturated/α-hetero) is 2. The van der Waals surface area contributed by atoms with Crippen molar-refractivity contribution in [3.63, 3.8) is 0 Å². The summed E-state index contributed by atoms with van der Waals surface area (Å²) in [5.41, 5.74) is 5.54. The molecule has 3 atom stereocenters. The zero-order chi connectivity index (χ0) is 29.0. The molecule has 40 heavy (non-hydrogen) atoms. The number of ether oxygens (including phenoxy) is 1. The van der Waals surface area contributed by atoms with Crippen LogP contribution in [0, 0.1) is 17.8 Å². The van der Waals surface area contributed by atoms with Crippen LogP contribution in [0.15, 0.2) is 57.5 Å². The number of ketones is 2. The summed E-state index contributed by atoms with van der Waals surface area (Å²) < 4.78 is 6.07. The number of phenols is 1. The van der Waals surface area contributed by atoms with Gasteiger partial charge in [0.15, 0.2) is 17.3 Å². The standard InChI is InChI=1S/C28H26BrN3O8/c1-32(2)17-10-16(31-28(39)40-14-5-3-13(29)4-6-14)23(34)21-15(17)8-11-7-12-9-18(33)22(27(30)38)26(37)20(12)24(35)19(11)25(21)36/h3-6,10-12,20,33-35H,7-9H2,1-2H3,(H2,30,38)(H,31,39). The van der Waals surface area contributed by atoms with Crippen molar-refractivity contribution in [2.75, 3.05) is 24.3 Å². The Labute approximate surface area is 237 Å². The average molecular weight is 612 g/mol. The van der Waals surface area contributed by atoms with Crippen LogP contribution >= 0.6 is 15.9 Å². The molecule has 0 heterocycles. The second-order valence-electron chi connectivity index (χ2n) is 10.3. The summed E-state index contributed by atoms with van der Waals surface area (Å²) in [5, 5.41) is 35.2. The van der Waals surface area contributed by atoms with Crippen molar-refractivity contribution < 1.29 is 39.2 Å².